The van der Waals surface area contributed by atoms with E-state index in [0.29, 0.717) is 5.96 Å². The Morgan fingerprint density at radius 2 is 2.13 bits per heavy atom. The Hall–Kier alpha value is -2.47. The average molecular weight is 314 g/mol. The third-order valence-electron chi connectivity index (χ3n) is 4.07. The molecule has 23 heavy (non-hydrogen) atoms. The molecule has 1 aliphatic rings. The number of benzene rings is 1. The molecule has 2 heterocycles. The van der Waals surface area contributed by atoms with E-state index < -0.39 is 0 Å². The molecule has 122 valence electrons. The second-order valence-corrected chi connectivity index (χ2v) is 5.69. The molecule has 0 bridgehead atoms. The summed E-state index contributed by atoms with van der Waals surface area (Å²) in [5, 5.41) is 1.75. The molecule has 0 saturated carbocycles. The summed E-state index contributed by atoms with van der Waals surface area (Å²) in [7, 11) is 3.54. The summed E-state index contributed by atoms with van der Waals surface area (Å²) >= 11 is 0. The largest absolute Gasteiger partial charge is 0.497 e. The molecule has 0 fully saturated rings. The smallest absolute Gasteiger partial charge is 0.207 e. The second-order valence-electron chi connectivity index (χ2n) is 5.69. The molecule has 0 radical (unpaired) electrons. The molecule has 0 saturated heterocycles. The van der Waals surface area contributed by atoms with Crippen LogP contribution in [-0.2, 0) is 6.42 Å². The Bertz CT molecular complexity index is 652. The summed E-state index contributed by atoms with van der Waals surface area (Å²) in [4.78, 5) is 4.44. The van der Waals surface area contributed by atoms with Gasteiger partial charge in [-0.2, -0.15) is 0 Å². The summed E-state index contributed by atoms with van der Waals surface area (Å²) < 4.78 is 10.8. The molecule has 6 heteroatoms. The van der Waals surface area contributed by atoms with E-state index in [0.717, 1.165) is 24.4 Å². The van der Waals surface area contributed by atoms with E-state index in [1.54, 1.807) is 18.4 Å². The van der Waals surface area contributed by atoms with Crippen molar-refractivity contribution in [2.45, 2.75) is 24.9 Å². The fourth-order valence-electron chi connectivity index (χ4n) is 2.81. The van der Waals surface area contributed by atoms with Crippen molar-refractivity contribution in [1.82, 2.24) is 10.4 Å². The van der Waals surface area contributed by atoms with Gasteiger partial charge in [-0.3, -0.25) is 5.01 Å². The molecule has 0 aliphatic carbocycles. The minimum atomic E-state index is -0.0339. The Balaban J connectivity index is 1.73. The number of rotatable bonds is 6. The van der Waals surface area contributed by atoms with Crippen molar-refractivity contribution < 1.29 is 9.15 Å². The molecule has 3 rings (SSSR count). The first-order valence-electron chi connectivity index (χ1n) is 7.65. The molecule has 0 amide bonds. The Morgan fingerprint density at radius 3 is 2.70 bits per heavy atom. The highest BCUT2D eigenvalue weighted by atomic mass is 16.5. The Morgan fingerprint density at radius 1 is 1.35 bits per heavy atom. The zero-order chi connectivity index (χ0) is 16.2. The maximum Gasteiger partial charge on any atom is 0.207 e. The van der Waals surface area contributed by atoms with Crippen molar-refractivity contribution in [2.75, 3.05) is 14.2 Å². The van der Waals surface area contributed by atoms with E-state index >= 15 is 0 Å². The molecular weight excluding hydrogens is 292 g/mol. The molecule has 2 atom stereocenters. The topological polar surface area (TPSA) is 76.0 Å². The number of ether oxygens (including phenoxy) is 1. The highest BCUT2D eigenvalue weighted by Crippen LogP contribution is 2.28. The summed E-state index contributed by atoms with van der Waals surface area (Å²) in [5.74, 6) is 2.56. The molecule has 6 nitrogen and oxygen atoms in total. The maximum absolute atomic E-state index is 5.82. The maximum atomic E-state index is 5.82. The SMILES string of the molecule is COc1ccc(CC(CC2N=C(N)N(C)N2)c2ccco2)cc1. The van der Waals surface area contributed by atoms with E-state index in [1.807, 2.05) is 31.3 Å². The molecule has 1 aromatic carbocycles. The minimum absolute atomic E-state index is 0.0339. The Labute approximate surface area is 135 Å². The van der Waals surface area contributed by atoms with Crippen LogP contribution >= 0.6 is 0 Å². The predicted octanol–water partition coefficient (Wildman–Crippen LogP) is 2.10. The lowest BCUT2D eigenvalue weighted by atomic mass is 9.92. The van der Waals surface area contributed by atoms with Gasteiger partial charge in [0.05, 0.1) is 13.4 Å². The number of hydrazine groups is 1. The molecular formula is C17H22N4O2. The van der Waals surface area contributed by atoms with Gasteiger partial charge in [0.2, 0.25) is 5.96 Å². The number of nitrogens with zero attached hydrogens (tertiary/aromatic N) is 2. The fourth-order valence-corrected chi connectivity index (χ4v) is 2.81. The quantitative estimate of drug-likeness (QED) is 0.854. The van der Waals surface area contributed by atoms with Crippen molar-refractivity contribution in [3.05, 3.63) is 54.0 Å². The first kappa shape index (κ1) is 15.4. The van der Waals surface area contributed by atoms with Crippen LogP contribution in [-0.4, -0.2) is 31.3 Å². The Kier molecular flexibility index (Phi) is 4.52. The lowest BCUT2D eigenvalue weighted by Crippen LogP contribution is -2.40. The van der Waals surface area contributed by atoms with Crippen LogP contribution in [0.4, 0.5) is 0 Å². The van der Waals surface area contributed by atoms with Crippen LogP contribution in [0.15, 0.2) is 52.1 Å². The van der Waals surface area contributed by atoms with Gasteiger partial charge in [-0.05, 0) is 42.7 Å². The van der Waals surface area contributed by atoms with Crippen molar-refractivity contribution >= 4 is 5.96 Å². The van der Waals surface area contributed by atoms with Gasteiger partial charge >= 0.3 is 0 Å². The van der Waals surface area contributed by atoms with Gasteiger partial charge in [-0.25, -0.2) is 10.4 Å². The molecule has 2 unspecified atom stereocenters. The third kappa shape index (κ3) is 3.65. The minimum Gasteiger partial charge on any atom is -0.497 e. The average Bonchev–Trinajstić information content (AvgIpc) is 3.18. The van der Waals surface area contributed by atoms with E-state index in [-0.39, 0.29) is 12.1 Å². The normalized spacial score (nSPS) is 18.8. The first-order chi connectivity index (χ1) is 11.2. The van der Waals surface area contributed by atoms with Crippen LogP contribution in [0.3, 0.4) is 0 Å². The van der Waals surface area contributed by atoms with Crippen LogP contribution in [0.1, 0.15) is 23.7 Å². The molecule has 1 aliphatic heterocycles. The van der Waals surface area contributed by atoms with Gasteiger partial charge in [0.1, 0.15) is 17.7 Å². The summed E-state index contributed by atoms with van der Waals surface area (Å²) in [6.45, 7) is 0. The van der Waals surface area contributed by atoms with Gasteiger partial charge in [-0.1, -0.05) is 12.1 Å². The van der Waals surface area contributed by atoms with Gasteiger partial charge < -0.3 is 14.9 Å². The monoisotopic (exact) mass is 314 g/mol. The molecule has 3 N–H and O–H groups in total. The van der Waals surface area contributed by atoms with Crippen molar-refractivity contribution in [1.29, 1.82) is 0 Å². The number of nitrogens with one attached hydrogen (secondary N) is 1. The zero-order valence-electron chi connectivity index (χ0n) is 13.4. The lowest BCUT2D eigenvalue weighted by Gasteiger charge is -2.19. The summed E-state index contributed by atoms with van der Waals surface area (Å²) in [6.07, 6.45) is 3.36. The van der Waals surface area contributed by atoms with Crippen LogP contribution in [0.2, 0.25) is 0 Å². The van der Waals surface area contributed by atoms with Crippen molar-refractivity contribution in [2.24, 2.45) is 10.7 Å². The summed E-state index contributed by atoms with van der Waals surface area (Å²) in [6, 6.07) is 12.1. The molecule has 1 aromatic heterocycles. The zero-order valence-corrected chi connectivity index (χ0v) is 13.4. The van der Waals surface area contributed by atoms with Gasteiger partial charge in [0, 0.05) is 13.0 Å². The number of methoxy groups -OCH3 is 1. The number of hydrogen-bond acceptors (Lipinski definition) is 6. The first-order valence-corrected chi connectivity index (χ1v) is 7.65. The highest BCUT2D eigenvalue weighted by molar-refractivity contribution is 5.78. The predicted molar refractivity (Wildman–Crippen MR) is 89.1 cm³/mol. The van der Waals surface area contributed by atoms with Crippen molar-refractivity contribution in [3.63, 3.8) is 0 Å². The van der Waals surface area contributed by atoms with E-state index in [2.05, 4.69) is 22.6 Å². The number of furan rings is 1. The number of aliphatic imine (C=N–C) groups is 1. The number of hydrogen-bond donors (Lipinski definition) is 2. The van der Waals surface area contributed by atoms with Crippen LogP contribution in [0, 0.1) is 0 Å². The lowest BCUT2D eigenvalue weighted by molar-refractivity contribution is 0.312. The summed E-state index contributed by atoms with van der Waals surface area (Å²) in [5.41, 5.74) is 10.3. The fraction of sp³-hybridized carbons (Fsp3) is 0.353. The number of guanidine groups is 1. The molecule has 0 spiro atoms. The second kappa shape index (κ2) is 6.75. The highest BCUT2D eigenvalue weighted by Gasteiger charge is 2.25. The van der Waals surface area contributed by atoms with Crippen LogP contribution < -0.4 is 15.9 Å². The standard InChI is InChI=1S/C17H22N4O2/c1-21-17(18)19-16(20-21)11-13(15-4-3-9-23-15)10-12-5-7-14(22-2)8-6-12/h3-9,13,16,20H,10-11H2,1-2H3,(H2,18,19). The third-order valence-corrected chi connectivity index (χ3v) is 4.07. The van der Waals surface area contributed by atoms with Crippen LogP contribution in [0.25, 0.3) is 0 Å². The molecule has 2 aromatic rings. The number of nitrogens with two attached hydrogens (primary N) is 1. The van der Waals surface area contributed by atoms with Crippen LogP contribution in [0.5, 0.6) is 5.75 Å². The van der Waals surface area contributed by atoms with E-state index in [9.17, 15) is 0 Å². The van der Waals surface area contributed by atoms with Gasteiger partial charge in [-0.15, -0.1) is 0 Å². The van der Waals surface area contributed by atoms with Gasteiger partial charge in [0.15, 0.2) is 0 Å². The van der Waals surface area contributed by atoms with E-state index in [4.69, 9.17) is 14.9 Å². The van der Waals surface area contributed by atoms with E-state index in [1.165, 1.54) is 5.56 Å². The van der Waals surface area contributed by atoms with Gasteiger partial charge in [0.25, 0.3) is 0 Å². The van der Waals surface area contributed by atoms with Crippen molar-refractivity contribution in [3.8, 4) is 5.75 Å².